The van der Waals surface area contributed by atoms with Gasteiger partial charge in [-0.1, -0.05) is 13.8 Å². The van der Waals surface area contributed by atoms with Gasteiger partial charge in [0, 0.05) is 11.6 Å². The third-order valence-electron chi connectivity index (χ3n) is 3.18. The molecule has 0 aliphatic carbocycles. The zero-order valence-electron chi connectivity index (χ0n) is 12.8. The van der Waals surface area contributed by atoms with Crippen molar-refractivity contribution >= 4 is 15.9 Å². The molecular weight excluding hydrogens is 333 g/mol. The van der Waals surface area contributed by atoms with Gasteiger partial charge in [-0.15, -0.1) is 0 Å². The van der Waals surface area contributed by atoms with E-state index in [4.69, 9.17) is 0 Å². The molecule has 0 unspecified atom stereocenters. The molecule has 9 heteroatoms. The van der Waals surface area contributed by atoms with Crippen LogP contribution >= 0.6 is 0 Å². The maximum atomic E-state index is 12.1. The van der Waals surface area contributed by atoms with Gasteiger partial charge >= 0.3 is 6.18 Å². The monoisotopic (exact) mass is 352 g/mol. The molecule has 0 heterocycles. The second-order valence-electron chi connectivity index (χ2n) is 4.96. The Morgan fingerprint density at radius 1 is 1.13 bits per heavy atom. The van der Waals surface area contributed by atoms with E-state index in [9.17, 15) is 26.4 Å². The zero-order chi connectivity index (χ0) is 17.7. The lowest BCUT2D eigenvalue weighted by Crippen LogP contribution is -2.34. The predicted molar refractivity (Wildman–Crippen MR) is 79.5 cm³/mol. The molecule has 0 aromatic heterocycles. The summed E-state index contributed by atoms with van der Waals surface area (Å²) in [6.07, 6.45) is -3.24. The average Bonchev–Trinajstić information content (AvgIpc) is 2.49. The highest BCUT2D eigenvalue weighted by Crippen LogP contribution is 2.14. The maximum Gasteiger partial charge on any atom is 0.405 e. The summed E-state index contributed by atoms with van der Waals surface area (Å²) in [6.45, 7) is 2.26. The van der Waals surface area contributed by atoms with E-state index in [0.717, 1.165) is 0 Å². The number of carbonyl (C=O) groups is 1. The summed E-state index contributed by atoms with van der Waals surface area (Å²) in [6, 6.07) is 4.52. The van der Waals surface area contributed by atoms with Crippen LogP contribution in [0.1, 0.15) is 37.0 Å². The second kappa shape index (κ2) is 7.78. The van der Waals surface area contributed by atoms with Crippen LogP contribution in [0.25, 0.3) is 0 Å². The van der Waals surface area contributed by atoms with Crippen LogP contribution in [0.3, 0.4) is 0 Å². The standard InChI is InChI=1S/C14H19F3N2O3S/c1-3-11(4-2)19-23(21,22)12-7-5-10(6-8-12)13(20)18-9-14(15,16)17/h5-8,11,19H,3-4,9H2,1-2H3,(H,18,20). The van der Waals surface area contributed by atoms with Crippen LogP contribution in [0.15, 0.2) is 29.2 Å². The van der Waals surface area contributed by atoms with Gasteiger partial charge in [-0.3, -0.25) is 4.79 Å². The van der Waals surface area contributed by atoms with E-state index in [-0.39, 0.29) is 16.5 Å². The highest BCUT2D eigenvalue weighted by atomic mass is 32.2. The first-order chi connectivity index (χ1) is 10.6. The van der Waals surface area contributed by atoms with Crippen molar-refractivity contribution in [3.05, 3.63) is 29.8 Å². The Morgan fingerprint density at radius 3 is 2.09 bits per heavy atom. The summed E-state index contributed by atoms with van der Waals surface area (Å²) in [5.41, 5.74) is -0.0456. The number of hydrogen-bond acceptors (Lipinski definition) is 3. The summed E-state index contributed by atoms with van der Waals surface area (Å²) in [4.78, 5) is 11.5. The number of benzene rings is 1. The second-order valence-corrected chi connectivity index (χ2v) is 6.67. The van der Waals surface area contributed by atoms with Crippen molar-refractivity contribution in [1.82, 2.24) is 10.0 Å². The van der Waals surface area contributed by atoms with E-state index >= 15 is 0 Å². The van der Waals surface area contributed by atoms with Gasteiger partial charge in [-0.25, -0.2) is 13.1 Å². The molecule has 0 spiro atoms. The van der Waals surface area contributed by atoms with Crippen LogP contribution in [-0.2, 0) is 10.0 Å². The van der Waals surface area contributed by atoms with Gasteiger partial charge in [0.25, 0.3) is 5.91 Å². The number of alkyl halides is 3. The minimum Gasteiger partial charge on any atom is -0.343 e. The molecule has 0 radical (unpaired) electrons. The molecule has 0 aliphatic rings. The topological polar surface area (TPSA) is 75.3 Å². The van der Waals surface area contributed by atoms with Crippen molar-refractivity contribution in [3.8, 4) is 0 Å². The van der Waals surface area contributed by atoms with Crippen molar-refractivity contribution in [2.75, 3.05) is 6.54 Å². The van der Waals surface area contributed by atoms with E-state index < -0.39 is 28.7 Å². The van der Waals surface area contributed by atoms with Crippen molar-refractivity contribution in [3.63, 3.8) is 0 Å². The quantitative estimate of drug-likeness (QED) is 0.791. The SMILES string of the molecule is CCC(CC)NS(=O)(=O)c1ccc(C(=O)NCC(F)(F)F)cc1. The van der Waals surface area contributed by atoms with Crippen molar-refractivity contribution in [2.45, 2.75) is 43.8 Å². The first-order valence-electron chi connectivity index (χ1n) is 7.06. The lowest BCUT2D eigenvalue weighted by Gasteiger charge is -2.15. The summed E-state index contributed by atoms with van der Waals surface area (Å²) in [7, 11) is -3.72. The highest BCUT2D eigenvalue weighted by molar-refractivity contribution is 7.89. The molecule has 0 saturated heterocycles. The van der Waals surface area contributed by atoms with Gasteiger partial charge in [-0.2, -0.15) is 13.2 Å². The minimum absolute atomic E-state index is 0.0447. The Kier molecular flexibility index (Phi) is 6.57. The molecule has 130 valence electrons. The number of halogens is 3. The largest absolute Gasteiger partial charge is 0.405 e. The summed E-state index contributed by atoms with van der Waals surface area (Å²) in [5.74, 6) is -0.917. The normalized spacial score (nSPS) is 12.4. The Morgan fingerprint density at radius 2 is 1.65 bits per heavy atom. The van der Waals surface area contributed by atoms with Gasteiger partial charge in [0.05, 0.1) is 4.90 Å². The lowest BCUT2D eigenvalue weighted by molar-refractivity contribution is -0.123. The fourth-order valence-electron chi connectivity index (χ4n) is 1.81. The van der Waals surface area contributed by atoms with E-state index in [1.54, 1.807) is 5.32 Å². The van der Waals surface area contributed by atoms with Gasteiger partial charge < -0.3 is 5.32 Å². The minimum atomic E-state index is -4.50. The van der Waals surface area contributed by atoms with Gasteiger partial charge in [0.2, 0.25) is 10.0 Å². The molecule has 1 amide bonds. The van der Waals surface area contributed by atoms with Gasteiger partial charge in [0.15, 0.2) is 0 Å². The molecule has 2 N–H and O–H groups in total. The predicted octanol–water partition coefficient (Wildman–Crippen LogP) is 2.45. The van der Waals surface area contributed by atoms with Gasteiger partial charge in [-0.05, 0) is 37.1 Å². The molecule has 23 heavy (non-hydrogen) atoms. The molecule has 1 rings (SSSR count). The average molecular weight is 352 g/mol. The summed E-state index contributed by atoms with van der Waals surface area (Å²) in [5, 5.41) is 1.72. The molecule has 0 bridgehead atoms. The Labute approximate surface area is 133 Å². The van der Waals surface area contributed by atoms with Crippen molar-refractivity contribution in [1.29, 1.82) is 0 Å². The fourth-order valence-corrected chi connectivity index (χ4v) is 3.21. The molecule has 0 saturated carbocycles. The molecule has 0 fully saturated rings. The first-order valence-corrected chi connectivity index (χ1v) is 8.54. The van der Waals surface area contributed by atoms with Crippen LogP contribution in [-0.4, -0.2) is 33.1 Å². The van der Waals surface area contributed by atoms with Crippen molar-refractivity contribution < 1.29 is 26.4 Å². The van der Waals surface area contributed by atoms with Crippen LogP contribution in [0.2, 0.25) is 0 Å². The molecule has 5 nitrogen and oxygen atoms in total. The van der Waals surface area contributed by atoms with Gasteiger partial charge in [0.1, 0.15) is 6.54 Å². The van der Waals surface area contributed by atoms with Crippen LogP contribution in [0.5, 0.6) is 0 Å². The van der Waals surface area contributed by atoms with E-state index in [1.165, 1.54) is 24.3 Å². The molecular formula is C14H19F3N2O3S. The van der Waals surface area contributed by atoms with E-state index in [0.29, 0.717) is 12.8 Å². The zero-order valence-corrected chi connectivity index (χ0v) is 13.6. The number of nitrogens with one attached hydrogen (secondary N) is 2. The van der Waals surface area contributed by atoms with E-state index in [1.807, 2.05) is 13.8 Å². The number of amides is 1. The Hall–Kier alpha value is -1.61. The Balaban J connectivity index is 2.81. The number of sulfonamides is 1. The highest BCUT2D eigenvalue weighted by Gasteiger charge is 2.28. The fraction of sp³-hybridized carbons (Fsp3) is 0.500. The van der Waals surface area contributed by atoms with Crippen LogP contribution < -0.4 is 10.0 Å². The van der Waals surface area contributed by atoms with E-state index in [2.05, 4.69) is 4.72 Å². The van der Waals surface area contributed by atoms with Crippen LogP contribution in [0, 0.1) is 0 Å². The number of rotatable bonds is 7. The third kappa shape index (κ3) is 6.19. The number of carbonyl (C=O) groups excluding carboxylic acids is 1. The Bertz CT molecular complexity index is 624. The third-order valence-corrected chi connectivity index (χ3v) is 4.72. The summed E-state index contributed by atoms with van der Waals surface area (Å²) >= 11 is 0. The smallest absolute Gasteiger partial charge is 0.343 e. The molecule has 1 aromatic rings. The maximum absolute atomic E-state index is 12.1. The van der Waals surface area contributed by atoms with Crippen LogP contribution in [0.4, 0.5) is 13.2 Å². The molecule has 1 aromatic carbocycles. The van der Waals surface area contributed by atoms with Crippen molar-refractivity contribution in [2.24, 2.45) is 0 Å². The summed E-state index contributed by atoms with van der Waals surface area (Å²) < 4.78 is 62.9. The first kappa shape index (κ1) is 19.4. The molecule has 0 aliphatic heterocycles. The lowest BCUT2D eigenvalue weighted by atomic mass is 10.2. The molecule has 0 atom stereocenters. The number of hydrogen-bond donors (Lipinski definition) is 2.